The first-order chi connectivity index (χ1) is 14.6. The Morgan fingerprint density at radius 3 is 2.37 bits per heavy atom. The third-order valence-corrected chi connectivity index (χ3v) is 5.59. The highest BCUT2D eigenvalue weighted by Gasteiger charge is 2.25. The number of halogens is 1. The molecule has 1 heterocycles. The lowest BCUT2D eigenvalue weighted by Crippen LogP contribution is -2.34. The topological polar surface area (TPSA) is 46.9 Å². The van der Waals surface area contributed by atoms with Gasteiger partial charge in [0, 0.05) is 16.0 Å². The molecule has 0 bridgehead atoms. The van der Waals surface area contributed by atoms with Crippen molar-refractivity contribution in [2.75, 3.05) is 0 Å². The van der Waals surface area contributed by atoms with Gasteiger partial charge in [-0.2, -0.15) is 5.10 Å². The Morgan fingerprint density at radius 1 is 1.03 bits per heavy atom. The molecule has 2 atom stereocenters. The van der Waals surface area contributed by atoms with E-state index in [0.717, 1.165) is 27.7 Å². The molecule has 0 saturated carbocycles. The summed E-state index contributed by atoms with van der Waals surface area (Å²) in [5.41, 5.74) is 3.79. The van der Waals surface area contributed by atoms with Crippen molar-refractivity contribution >= 4 is 28.4 Å². The fourth-order valence-corrected chi connectivity index (χ4v) is 3.94. The second-order valence-electron chi connectivity index (χ2n) is 7.39. The van der Waals surface area contributed by atoms with Crippen LogP contribution in [0.25, 0.3) is 22.2 Å². The van der Waals surface area contributed by atoms with Gasteiger partial charge in [0.25, 0.3) is 0 Å². The normalized spacial score (nSPS) is 13.2. The van der Waals surface area contributed by atoms with Crippen LogP contribution in [0, 0.1) is 0 Å². The number of hydrogen-bond acceptors (Lipinski definition) is 2. The summed E-state index contributed by atoms with van der Waals surface area (Å²) in [4.78, 5) is 13.2. The number of carbonyl (C=O) groups is 1. The van der Waals surface area contributed by atoms with Gasteiger partial charge in [0.2, 0.25) is 5.91 Å². The fourth-order valence-electron chi connectivity index (χ4n) is 3.76. The summed E-state index contributed by atoms with van der Waals surface area (Å²) >= 11 is 6.28. The Bertz CT molecular complexity index is 1160. The molecule has 1 N–H and O–H groups in total. The van der Waals surface area contributed by atoms with Crippen molar-refractivity contribution in [1.82, 2.24) is 15.1 Å². The van der Waals surface area contributed by atoms with Gasteiger partial charge in [-0.25, -0.2) is 0 Å². The molecule has 3 aromatic carbocycles. The molecule has 0 aliphatic carbocycles. The van der Waals surface area contributed by atoms with Gasteiger partial charge in [0.15, 0.2) is 0 Å². The molecule has 0 radical (unpaired) electrons. The van der Waals surface area contributed by atoms with Gasteiger partial charge in [0.05, 0.1) is 11.6 Å². The zero-order chi connectivity index (χ0) is 21.1. The molecule has 4 nitrogen and oxygen atoms in total. The van der Waals surface area contributed by atoms with Crippen molar-refractivity contribution in [3.63, 3.8) is 0 Å². The number of nitrogens with zero attached hydrogens (tertiary/aromatic N) is 2. The van der Waals surface area contributed by atoms with E-state index in [4.69, 9.17) is 16.7 Å². The molecule has 4 aromatic rings. The molecule has 1 aromatic heterocycles. The highest BCUT2D eigenvalue weighted by Crippen LogP contribution is 2.32. The van der Waals surface area contributed by atoms with Crippen LogP contribution in [0.5, 0.6) is 0 Å². The molecule has 0 aliphatic heterocycles. The number of amides is 1. The largest absolute Gasteiger partial charge is 0.348 e. The predicted molar refractivity (Wildman–Crippen MR) is 123 cm³/mol. The van der Waals surface area contributed by atoms with E-state index in [9.17, 15) is 4.79 Å². The molecule has 152 valence electrons. The Kier molecular flexibility index (Phi) is 5.86. The van der Waals surface area contributed by atoms with Gasteiger partial charge in [-0.15, -0.1) is 0 Å². The number of hydrogen-bond donors (Lipinski definition) is 1. The lowest BCUT2D eigenvalue weighted by atomic mass is 10.1. The highest BCUT2D eigenvalue weighted by atomic mass is 35.5. The van der Waals surface area contributed by atoms with Gasteiger partial charge in [-0.1, -0.05) is 79.2 Å². The summed E-state index contributed by atoms with van der Waals surface area (Å²) in [7, 11) is 0. The zero-order valence-corrected chi connectivity index (χ0v) is 17.8. The summed E-state index contributed by atoms with van der Waals surface area (Å²) in [6.07, 6.45) is 0.626. The monoisotopic (exact) mass is 417 g/mol. The van der Waals surface area contributed by atoms with E-state index < -0.39 is 6.04 Å². The molecule has 4 rings (SSSR count). The SMILES string of the molecule is CCC(C(=O)NC(C)c1ccccc1)n1nc(-c2ccccc2)c2cc(Cl)ccc21. The van der Waals surface area contributed by atoms with Gasteiger partial charge in [-0.3, -0.25) is 9.48 Å². The maximum atomic E-state index is 13.2. The number of benzene rings is 3. The molecular formula is C25H24ClN3O. The van der Waals surface area contributed by atoms with Crippen molar-refractivity contribution in [1.29, 1.82) is 0 Å². The lowest BCUT2D eigenvalue weighted by molar-refractivity contribution is -0.125. The molecular weight excluding hydrogens is 394 g/mol. The summed E-state index contributed by atoms with van der Waals surface area (Å²) in [6.45, 7) is 4.00. The second-order valence-corrected chi connectivity index (χ2v) is 7.82. The molecule has 0 fully saturated rings. The quantitative estimate of drug-likeness (QED) is 0.407. The maximum Gasteiger partial charge on any atom is 0.245 e. The number of rotatable bonds is 6. The minimum Gasteiger partial charge on any atom is -0.348 e. The molecule has 2 unspecified atom stereocenters. The van der Waals surface area contributed by atoms with E-state index in [1.54, 1.807) is 0 Å². The van der Waals surface area contributed by atoms with Crippen molar-refractivity contribution in [3.8, 4) is 11.3 Å². The first-order valence-electron chi connectivity index (χ1n) is 10.2. The van der Waals surface area contributed by atoms with Crippen molar-refractivity contribution < 1.29 is 4.79 Å². The average molecular weight is 418 g/mol. The summed E-state index contributed by atoms with van der Waals surface area (Å²) < 4.78 is 1.83. The molecule has 0 spiro atoms. The molecule has 30 heavy (non-hydrogen) atoms. The van der Waals surface area contributed by atoms with Crippen LogP contribution < -0.4 is 5.32 Å². The van der Waals surface area contributed by atoms with E-state index in [1.165, 1.54) is 0 Å². The van der Waals surface area contributed by atoms with Crippen LogP contribution in [0.4, 0.5) is 0 Å². The first kappa shape index (κ1) is 20.2. The molecule has 1 amide bonds. The van der Waals surface area contributed by atoms with Crippen LogP contribution in [-0.2, 0) is 4.79 Å². The van der Waals surface area contributed by atoms with E-state index in [2.05, 4.69) is 5.32 Å². The minimum atomic E-state index is -0.419. The fraction of sp³-hybridized carbons (Fsp3) is 0.200. The number of carbonyl (C=O) groups excluding carboxylic acids is 1. The van der Waals surface area contributed by atoms with Gasteiger partial charge in [-0.05, 0) is 37.1 Å². The summed E-state index contributed by atoms with van der Waals surface area (Å²) in [5.74, 6) is -0.0483. The smallest absolute Gasteiger partial charge is 0.245 e. The number of nitrogens with one attached hydrogen (secondary N) is 1. The summed E-state index contributed by atoms with van der Waals surface area (Å²) in [6, 6.07) is 25.1. The van der Waals surface area contributed by atoms with E-state index >= 15 is 0 Å². The molecule has 5 heteroatoms. The summed E-state index contributed by atoms with van der Waals surface area (Å²) in [5, 5.41) is 9.60. The van der Waals surface area contributed by atoms with Crippen LogP contribution in [0.1, 0.15) is 37.9 Å². The Hall–Kier alpha value is -3.11. The van der Waals surface area contributed by atoms with E-state index in [1.807, 2.05) is 97.4 Å². The van der Waals surface area contributed by atoms with Gasteiger partial charge in [0.1, 0.15) is 11.7 Å². The van der Waals surface area contributed by atoms with Crippen molar-refractivity contribution in [2.45, 2.75) is 32.4 Å². The molecule has 0 saturated heterocycles. The standard InChI is InChI=1S/C25H24ClN3O/c1-3-22(25(30)27-17(2)18-10-6-4-7-11-18)29-23-15-14-20(26)16-21(23)24(28-29)19-12-8-5-9-13-19/h4-17,22H,3H2,1-2H3,(H,27,30). The Morgan fingerprint density at radius 2 is 1.70 bits per heavy atom. The average Bonchev–Trinajstić information content (AvgIpc) is 3.14. The van der Waals surface area contributed by atoms with Crippen LogP contribution in [-0.4, -0.2) is 15.7 Å². The van der Waals surface area contributed by atoms with Crippen LogP contribution >= 0.6 is 11.6 Å². The van der Waals surface area contributed by atoms with Crippen LogP contribution in [0.2, 0.25) is 5.02 Å². The first-order valence-corrected chi connectivity index (χ1v) is 10.5. The third kappa shape index (κ3) is 3.96. The number of fused-ring (bicyclic) bond motifs is 1. The van der Waals surface area contributed by atoms with Gasteiger partial charge < -0.3 is 5.32 Å². The Labute approximate surface area is 181 Å². The molecule has 0 aliphatic rings. The van der Waals surface area contributed by atoms with Crippen molar-refractivity contribution in [3.05, 3.63) is 89.4 Å². The zero-order valence-electron chi connectivity index (χ0n) is 17.0. The van der Waals surface area contributed by atoms with Crippen LogP contribution in [0.15, 0.2) is 78.9 Å². The predicted octanol–water partition coefficient (Wildman–Crippen LogP) is 6.19. The van der Waals surface area contributed by atoms with Crippen LogP contribution in [0.3, 0.4) is 0 Å². The maximum absolute atomic E-state index is 13.2. The highest BCUT2D eigenvalue weighted by molar-refractivity contribution is 6.31. The minimum absolute atomic E-state index is 0.0483. The van der Waals surface area contributed by atoms with Crippen molar-refractivity contribution in [2.24, 2.45) is 0 Å². The third-order valence-electron chi connectivity index (χ3n) is 5.36. The second kappa shape index (κ2) is 8.72. The number of aromatic nitrogens is 2. The van der Waals surface area contributed by atoms with Gasteiger partial charge >= 0.3 is 0 Å². The van der Waals surface area contributed by atoms with E-state index in [0.29, 0.717) is 11.4 Å². The van der Waals surface area contributed by atoms with E-state index in [-0.39, 0.29) is 11.9 Å². The lowest BCUT2D eigenvalue weighted by Gasteiger charge is -2.20. The Balaban J connectivity index is 1.72.